The number of hydrogen-bond donors (Lipinski definition) is 2. The predicted molar refractivity (Wildman–Crippen MR) is 50.4 cm³/mol. The van der Waals surface area contributed by atoms with Crippen LogP contribution in [0.25, 0.3) is 0 Å². The van der Waals surface area contributed by atoms with Crippen LogP contribution in [0.4, 0.5) is 4.39 Å². The lowest BCUT2D eigenvalue weighted by Crippen LogP contribution is -2.12. The summed E-state index contributed by atoms with van der Waals surface area (Å²) in [5.74, 6) is -1.92. The quantitative estimate of drug-likeness (QED) is 0.749. The van der Waals surface area contributed by atoms with E-state index in [1.165, 1.54) is 13.8 Å². The zero-order valence-corrected chi connectivity index (χ0v) is 8.32. The maximum Gasteiger partial charge on any atom is 0.336 e. The topological polar surface area (TPSA) is 66.8 Å². The fraction of sp³-hybridized carbons (Fsp3) is 0.300. The molecule has 0 saturated carbocycles. The van der Waals surface area contributed by atoms with E-state index in [1.807, 2.05) is 0 Å². The van der Waals surface area contributed by atoms with Gasteiger partial charge in [0.15, 0.2) is 6.29 Å². The highest BCUT2D eigenvalue weighted by molar-refractivity contribution is 5.90. The SMILES string of the molecule is Cc1c(OC(C)O)cc(F)cc1C(=O)O. The molecular formula is C10H11FO4. The first-order chi connectivity index (χ1) is 6.91. The molecule has 0 heterocycles. The summed E-state index contributed by atoms with van der Waals surface area (Å²) in [6, 6.07) is 1.95. The second-order valence-corrected chi connectivity index (χ2v) is 3.10. The van der Waals surface area contributed by atoms with Gasteiger partial charge in [-0.3, -0.25) is 0 Å². The molecule has 0 fully saturated rings. The molecule has 0 bridgehead atoms. The third-order valence-electron chi connectivity index (χ3n) is 1.85. The molecular weight excluding hydrogens is 203 g/mol. The zero-order chi connectivity index (χ0) is 11.6. The van der Waals surface area contributed by atoms with Crippen molar-refractivity contribution >= 4 is 5.97 Å². The lowest BCUT2D eigenvalue weighted by atomic mass is 10.1. The number of carboxylic acids is 1. The second-order valence-electron chi connectivity index (χ2n) is 3.10. The first-order valence-electron chi connectivity index (χ1n) is 4.30. The Kier molecular flexibility index (Phi) is 3.26. The number of halogens is 1. The number of aromatic carboxylic acids is 1. The predicted octanol–water partition coefficient (Wildman–Crippen LogP) is 1.55. The average molecular weight is 214 g/mol. The van der Waals surface area contributed by atoms with Crippen molar-refractivity contribution in [1.82, 2.24) is 0 Å². The van der Waals surface area contributed by atoms with Crippen molar-refractivity contribution in [3.63, 3.8) is 0 Å². The number of carbonyl (C=O) groups is 1. The molecule has 0 saturated heterocycles. The standard InChI is InChI=1S/C10H11FO4/c1-5-8(10(13)14)3-7(11)4-9(5)15-6(2)12/h3-4,6,12H,1-2H3,(H,13,14). The molecule has 1 rings (SSSR count). The highest BCUT2D eigenvalue weighted by Crippen LogP contribution is 2.24. The molecule has 0 radical (unpaired) electrons. The van der Waals surface area contributed by atoms with E-state index in [-0.39, 0.29) is 16.9 Å². The van der Waals surface area contributed by atoms with Crippen molar-refractivity contribution in [2.24, 2.45) is 0 Å². The average Bonchev–Trinajstić information content (AvgIpc) is 2.09. The van der Waals surface area contributed by atoms with Gasteiger partial charge in [-0.2, -0.15) is 0 Å². The molecule has 0 spiro atoms. The molecule has 0 aliphatic carbocycles. The van der Waals surface area contributed by atoms with Gasteiger partial charge in [0.1, 0.15) is 11.6 Å². The number of ether oxygens (including phenoxy) is 1. The summed E-state index contributed by atoms with van der Waals surface area (Å²) in [7, 11) is 0. The van der Waals surface area contributed by atoms with Crippen molar-refractivity contribution in [3.05, 3.63) is 29.1 Å². The van der Waals surface area contributed by atoms with Gasteiger partial charge < -0.3 is 14.9 Å². The van der Waals surface area contributed by atoms with Crippen molar-refractivity contribution < 1.29 is 24.1 Å². The van der Waals surface area contributed by atoms with E-state index in [1.54, 1.807) is 0 Å². The number of aliphatic hydroxyl groups is 1. The Bertz CT molecular complexity index is 387. The Labute approximate surface area is 85.9 Å². The zero-order valence-electron chi connectivity index (χ0n) is 8.32. The van der Waals surface area contributed by atoms with Gasteiger partial charge in [-0.1, -0.05) is 0 Å². The van der Waals surface area contributed by atoms with Crippen molar-refractivity contribution in [2.75, 3.05) is 0 Å². The second kappa shape index (κ2) is 4.27. The third-order valence-corrected chi connectivity index (χ3v) is 1.85. The van der Waals surface area contributed by atoms with E-state index in [0.717, 1.165) is 12.1 Å². The molecule has 2 N–H and O–H groups in total. The number of hydrogen-bond acceptors (Lipinski definition) is 3. The van der Waals surface area contributed by atoms with Gasteiger partial charge in [0.25, 0.3) is 0 Å². The first-order valence-corrected chi connectivity index (χ1v) is 4.30. The van der Waals surface area contributed by atoms with Crippen LogP contribution < -0.4 is 4.74 Å². The van der Waals surface area contributed by atoms with E-state index in [2.05, 4.69) is 0 Å². The smallest absolute Gasteiger partial charge is 0.336 e. The van der Waals surface area contributed by atoms with Crippen LogP contribution in [0, 0.1) is 12.7 Å². The summed E-state index contributed by atoms with van der Waals surface area (Å²) in [5.41, 5.74) is 0.107. The Balaban J connectivity index is 3.22. The largest absolute Gasteiger partial charge is 0.478 e. The monoisotopic (exact) mass is 214 g/mol. The van der Waals surface area contributed by atoms with Gasteiger partial charge in [0.05, 0.1) is 5.56 Å². The van der Waals surface area contributed by atoms with Gasteiger partial charge >= 0.3 is 5.97 Å². The molecule has 0 aliphatic rings. The Morgan fingerprint density at radius 1 is 1.53 bits per heavy atom. The summed E-state index contributed by atoms with van der Waals surface area (Å²) in [4.78, 5) is 10.7. The molecule has 4 nitrogen and oxygen atoms in total. The fourth-order valence-electron chi connectivity index (χ4n) is 1.18. The lowest BCUT2D eigenvalue weighted by molar-refractivity contribution is -0.00116. The van der Waals surface area contributed by atoms with Crippen LogP contribution >= 0.6 is 0 Å². The van der Waals surface area contributed by atoms with Crippen molar-refractivity contribution in [3.8, 4) is 5.75 Å². The van der Waals surface area contributed by atoms with E-state index >= 15 is 0 Å². The highest BCUT2D eigenvalue weighted by Gasteiger charge is 2.14. The van der Waals surface area contributed by atoms with Gasteiger partial charge in [-0.15, -0.1) is 0 Å². The number of aliphatic hydroxyl groups excluding tert-OH is 1. The molecule has 1 unspecified atom stereocenters. The van der Waals surface area contributed by atoms with Crippen LogP contribution in [0.3, 0.4) is 0 Å². The molecule has 5 heteroatoms. The van der Waals surface area contributed by atoms with Gasteiger partial charge in [-0.05, 0) is 19.9 Å². The minimum Gasteiger partial charge on any atom is -0.478 e. The van der Waals surface area contributed by atoms with Crippen LogP contribution in [0.2, 0.25) is 0 Å². The normalized spacial score (nSPS) is 12.3. The maximum absolute atomic E-state index is 13.0. The Morgan fingerprint density at radius 2 is 2.13 bits per heavy atom. The molecule has 1 aromatic rings. The Morgan fingerprint density at radius 3 is 2.60 bits per heavy atom. The summed E-state index contributed by atoms with van der Waals surface area (Å²) in [5, 5.41) is 17.7. The number of rotatable bonds is 3. The number of benzene rings is 1. The highest BCUT2D eigenvalue weighted by atomic mass is 19.1. The molecule has 15 heavy (non-hydrogen) atoms. The van der Waals surface area contributed by atoms with Gasteiger partial charge in [-0.25, -0.2) is 9.18 Å². The van der Waals surface area contributed by atoms with Crippen LogP contribution in [0.15, 0.2) is 12.1 Å². The molecule has 82 valence electrons. The van der Waals surface area contributed by atoms with Crippen molar-refractivity contribution in [2.45, 2.75) is 20.1 Å². The minimum absolute atomic E-state index is 0.0300. The maximum atomic E-state index is 13.0. The molecule has 1 atom stereocenters. The van der Waals surface area contributed by atoms with Crippen molar-refractivity contribution in [1.29, 1.82) is 0 Å². The van der Waals surface area contributed by atoms with Gasteiger partial charge in [0.2, 0.25) is 0 Å². The van der Waals surface area contributed by atoms with Crippen LogP contribution in [-0.2, 0) is 0 Å². The first kappa shape index (κ1) is 11.5. The number of carboxylic acid groups (broad SMARTS) is 1. The van der Waals surface area contributed by atoms with E-state index in [9.17, 15) is 9.18 Å². The summed E-state index contributed by atoms with van der Waals surface area (Å²) in [6.07, 6.45) is -1.12. The minimum atomic E-state index is -1.23. The molecule has 1 aromatic carbocycles. The van der Waals surface area contributed by atoms with E-state index in [0.29, 0.717) is 0 Å². The lowest BCUT2D eigenvalue weighted by Gasteiger charge is -2.12. The summed E-state index contributed by atoms with van der Waals surface area (Å²) < 4.78 is 17.9. The van der Waals surface area contributed by atoms with E-state index in [4.69, 9.17) is 14.9 Å². The summed E-state index contributed by atoms with van der Waals surface area (Å²) in [6.45, 7) is 2.84. The van der Waals surface area contributed by atoms with Crippen LogP contribution in [0.5, 0.6) is 5.75 Å². The molecule has 0 aliphatic heterocycles. The molecule has 0 amide bonds. The summed E-state index contributed by atoms with van der Waals surface area (Å²) >= 11 is 0. The molecule has 0 aromatic heterocycles. The van der Waals surface area contributed by atoms with Crippen LogP contribution in [-0.4, -0.2) is 22.5 Å². The van der Waals surface area contributed by atoms with Crippen LogP contribution in [0.1, 0.15) is 22.8 Å². The van der Waals surface area contributed by atoms with E-state index < -0.39 is 18.1 Å². The third kappa shape index (κ3) is 2.66. The Hall–Kier alpha value is -1.62. The fourth-order valence-corrected chi connectivity index (χ4v) is 1.18. The van der Waals surface area contributed by atoms with Gasteiger partial charge in [0, 0.05) is 11.6 Å².